The largest absolute Gasteiger partial charge is 0.367 e. The molecule has 0 aliphatic carbocycles. The van der Waals surface area contributed by atoms with Gasteiger partial charge < -0.3 is 10.6 Å². The summed E-state index contributed by atoms with van der Waals surface area (Å²) in [6.45, 7) is 1.18. The molecule has 1 heterocycles. The lowest BCUT2D eigenvalue weighted by Gasteiger charge is -2.23. The SMILES string of the molecule is CN(Cc1ccccn1)c1c(Cl)cccc1CN. The van der Waals surface area contributed by atoms with Gasteiger partial charge in [-0.05, 0) is 23.8 Å². The van der Waals surface area contributed by atoms with E-state index in [4.69, 9.17) is 17.3 Å². The van der Waals surface area contributed by atoms with Crippen LogP contribution in [0.5, 0.6) is 0 Å². The molecule has 1 aromatic heterocycles. The lowest BCUT2D eigenvalue weighted by atomic mass is 10.1. The Morgan fingerprint density at radius 3 is 2.72 bits per heavy atom. The Hall–Kier alpha value is -1.58. The fourth-order valence-electron chi connectivity index (χ4n) is 1.97. The van der Waals surface area contributed by atoms with Gasteiger partial charge in [-0.3, -0.25) is 4.98 Å². The Kier molecular flexibility index (Phi) is 4.18. The molecule has 0 unspecified atom stereocenters. The zero-order valence-corrected chi connectivity index (χ0v) is 11.1. The molecule has 4 heteroatoms. The summed E-state index contributed by atoms with van der Waals surface area (Å²) >= 11 is 6.25. The minimum absolute atomic E-state index is 0.475. The summed E-state index contributed by atoms with van der Waals surface area (Å²) in [7, 11) is 2.00. The number of hydrogen-bond acceptors (Lipinski definition) is 3. The van der Waals surface area contributed by atoms with Crippen LogP contribution in [-0.4, -0.2) is 12.0 Å². The highest BCUT2D eigenvalue weighted by Crippen LogP contribution is 2.29. The van der Waals surface area contributed by atoms with E-state index in [1.54, 1.807) is 6.20 Å². The number of anilines is 1. The number of pyridine rings is 1. The molecule has 0 saturated carbocycles. The summed E-state index contributed by atoms with van der Waals surface area (Å²) in [5.41, 5.74) is 8.77. The molecule has 0 aliphatic heterocycles. The van der Waals surface area contributed by atoms with Crippen molar-refractivity contribution in [2.75, 3.05) is 11.9 Å². The van der Waals surface area contributed by atoms with Gasteiger partial charge in [0, 0.05) is 19.8 Å². The van der Waals surface area contributed by atoms with Crippen LogP contribution in [0.2, 0.25) is 5.02 Å². The molecule has 0 radical (unpaired) electrons. The summed E-state index contributed by atoms with van der Waals surface area (Å²) in [6, 6.07) is 11.7. The zero-order valence-electron chi connectivity index (χ0n) is 10.3. The van der Waals surface area contributed by atoms with Gasteiger partial charge >= 0.3 is 0 Å². The Balaban J connectivity index is 2.26. The Morgan fingerprint density at radius 1 is 1.22 bits per heavy atom. The number of nitrogens with two attached hydrogens (primary N) is 1. The summed E-state index contributed by atoms with van der Waals surface area (Å²) in [5.74, 6) is 0. The second kappa shape index (κ2) is 5.85. The second-order valence-electron chi connectivity index (χ2n) is 4.13. The van der Waals surface area contributed by atoms with E-state index in [9.17, 15) is 0 Å². The van der Waals surface area contributed by atoms with Gasteiger partial charge in [-0.1, -0.05) is 29.8 Å². The van der Waals surface area contributed by atoms with E-state index in [0.717, 1.165) is 22.0 Å². The van der Waals surface area contributed by atoms with E-state index in [1.807, 2.05) is 43.4 Å². The van der Waals surface area contributed by atoms with Gasteiger partial charge in [0.1, 0.15) is 0 Å². The fourth-order valence-corrected chi connectivity index (χ4v) is 2.30. The number of benzene rings is 1. The molecule has 0 bridgehead atoms. The van der Waals surface area contributed by atoms with Crippen LogP contribution in [0.1, 0.15) is 11.3 Å². The Labute approximate surface area is 112 Å². The van der Waals surface area contributed by atoms with Crippen molar-refractivity contribution in [3.05, 3.63) is 58.9 Å². The third-order valence-corrected chi connectivity index (χ3v) is 3.10. The topological polar surface area (TPSA) is 42.2 Å². The van der Waals surface area contributed by atoms with Crippen LogP contribution >= 0.6 is 11.6 Å². The standard InChI is InChI=1S/C14H16ClN3/c1-18(10-12-6-2-3-8-17-12)14-11(9-16)5-4-7-13(14)15/h2-8H,9-10,16H2,1H3. The van der Waals surface area contributed by atoms with E-state index in [-0.39, 0.29) is 0 Å². The fraction of sp³-hybridized carbons (Fsp3) is 0.214. The average molecular weight is 262 g/mol. The highest BCUT2D eigenvalue weighted by molar-refractivity contribution is 6.33. The number of para-hydroxylation sites is 1. The first-order chi connectivity index (χ1) is 8.72. The van der Waals surface area contributed by atoms with Gasteiger partial charge in [-0.15, -0.1) is 0 Å². The number of aromatic nitrogens is 1. The molecule has 2 N–H and O–H groups in total. The quantitative estimate of drug-likeness (QED) is 0.920. The van der Waals surface area contributed by atoms with E-state index in [0.29, 0.717) is 13.1 Å². The Bertz CT molecular complexity index is 514. The van der Waals surface area contributed by atoms with Gasteiger partial charge in [0.05, 0.1) is 22.9 Å². The van der Waals surface area contributed by atoms with Crippen molar-refractivity contribution in [2.45, 2.75) is 13.1 Å². The predicted octanol–water partition coefficient (Wildman–Crippen LogP) is 2.83. The van der Waals surface area contributed by atoms with Gasteiger partial charge in [0.2, 0.25) is 0 Å². The normalized spacial score (nSPS) is 10.4. The summed E-state index contributed by atoms with van der Waals surface area (Å²) in [6.07, 6.45) is 1.79. The Morgan fingerprint density at radius 2 is 2.06 bits per heavy atom. The molecule has 0 amide bonds. The van der Waals surface area contributed by atoms with Gasteiger partial charge in [0.25, 0.3) is 0 Å². The molecule has 0 aliphatic rings. The second-order valence-corrected chi connectivity index (χ2v) is 4.54. The third kappa shape index (κ3) is 2.81. The van der Waals surface area contributed by atoms with Crippen LogP contribution in [0, 0.1) is 0 Å². The zero-order chi connectivity index (χ0) is 13.0. The van der Waals surface area contributed by atoms with Crippen LogP contribution in [0.15, 0.2) is 42.6 Å². The summed E-state index contributed by atoms with van der Waals surface area (Å²) < 4.78 is 0. The number of halogens is 1. The molecule has 0 fully saturated rings. The van der Waals surface area contributed by atoms with Gasteiger partial charge in [-0.25, -0.2) is 0 Å². The lowest BCUT2D eigenvalue weighted by Crippen LogP contribution is -2.20. The van der Waals surface area contributed by atoms with Crippen molar-refractivity contribution < 1.29 is 0 Å². The van der Waals surface area contributed by atoms with Gasteiger partial charge in [0.15, 0.2) is 0 Å². The molecule has 1 aromatic carbocycles. The molecule has 0 saturated heterocycles. The molecular weight excluding hydrogens is 246 g/mol. The van der Waals surface area contributed by atoms with Crippen molar-refractivity contribution in [2.24, 2.45) is 5.73 Å². The highest BCUT2D eigenvalue weighted by Gasteiger charge is 2.11. The van der Waals surface area contributed by atoms with Crippen molar-refractivity contribution in [3.63, 3.8) is 0 Å². The van der Waals surface area contributed by atoms with Crippen molar-refractivity contribution >= 4 is 17.3 Å². The number of hydrogen-bond donors (Lipinski definition) is 1. The molecule has 2 rings (SSSR count). The van der Waals surface area contributed by atoms with E-state index in [1.165, 1.54) is 0 Å². The monoisotopic (exact) mass is 261 g/mol. The first-order valence-electron chi connectivity index (χ1n) is 5.81. The van der Waals surface area contributed by atoms with Crippen LogP contribution < -0.4 is 10.6 Å². The highest BCUT2D eigenvalue weighted by atomic mass is 35.5. The average Bonchev–Trinajstić information content (AvgIpc) is 2.39. The number of rotatable bonds is 4. The van der Waals surface area contributed by atoms with Gasteiger partial charge in [-0.2, -0.15) is 0 Å². The molecule has 3 nitrogen and oxygen atoms in total. The third-order valence-electron chi connectivity index (χ3n) is 2.80. The summed E-state index contributed by atoms with van der Waals surface area (Å²) in [4.78, 5) is 6.39. The molecular formula is C14H16ClN3. The minimum atomic E-state index is 0.475. The first-order valence-corrected chi connectivity index (χ1v) is 6.18. The van der Waals surface area contributed by atoms with E-state index < -0.39 is 0 Å². The lowest BCUT2D eigenvalue weighted by molar-refractivity contribution is 0.872. The maximum absolute atomic E-state index is 6.25. The maximum atomic E-state index is 6.25. The molecule has 18 heavy (non-hydrogen) atoms. The minimum Gasteiger partial charge on any atom is -0.367 e. The van der Waals surface area contributed by atoms with Crippen LogP contribution in [0.3, 0.4) is 0 Å². The maximum Gasteiger partial charge on any atom is 0.0642 e. The van der Waals surface area contributed by atoms with Crippen molar-refractivity contribution in [1.29, 1.82) is 0 Å². The number of nitrogens with zero attached hydrogens (tertiary/aromatic N) is 2. The van der Waals surface area contributed by atoms with E-state index in [2.05, 4.69) is 9.88 Å². The van der Waals surface area contributed by atoms with Crippen molar-refractivity contribution in [3.8, 4) is 0 Å². The van der Waals surface area contributed by atoms with Crippen molar-refractivity contribution in [1.82, 2.24) is 4.98 Å². The molecule has 0 spiro atoms. The van der Waals surface area contributed by atoms with E-state index >= 15 is 0 Å². The molecule has 2 aromatic rings. The summed E-state index contributed by atoms with van der Waals surface area (Å²) in [5, 5.41) is 0.719. The smallest absolute Gasteiger partial charge is 0.0642 e. The van der Waals surface area contributed by atoms with Crippen LogP contribution in [0.4, 0.5) is 5.69 Å². The first kappa shape index (κ1) is 12.9. The van der Waals surface area contributed by atoms with Crippen LogP contribution in [0.25, 0.3) is 0 Å². The molecule has 94 valence electrons. The predicted molar refractivity (Wildman–Crippen MR) is 75.7 cm³/mol. The van der Waals surface area contributed by atoms with Crippen LogP contribution in [-0.2, 0) is 13.1 Å². The molecule has 0 atom stereocenters.